The zero-order valence-electron chi connectivity index (χ0n) is 18.8. The van der Waals surface area contributed by atoms with E-state index in [4.69, 9.17) is 0 Å². The summed E-state index contributed by atoms with van der Waals surface area (Å²) in [7, 11) is 0. The molecule has 1 aromatic rings. The van der Waals surface area contributed by atoms with Gasteiger partial charge in [0.05, 0.1) is 23.2 Å². The van der Waals surface area contributed by atoms with Crippen LogP contribution in [0.2, 0.25) is 0 Å². The number of hydrogen-bond donors (Lipinski definition) is 3. The van der Waals surface area contributed by atoms with Gasteiger partial charge in [-0.2, -0.15) is 0 Å². The monoisotopic (exact) mass is 537 g/mol. The number of β-amino-alcohol motifs (C(OH)–C–C–N with tert-alkyl or cyclic N) is 1. The molecular weight excluding hydrogens is 506 g/mol. The number of unbranched alkanes of at least 4 members (excludes halogenated alkanes) is 2. The maximum Gasteiger partial charge on any atom is 0.244 e. The zero-order valence-corrected chi connectivity index (χ0v) is 21.2. The Kier molecular flexibility index (Phi) is 7.70. The first kappa shape index (κ1) is 24.5. The second-order valence-electron chi connectivity index (χ2n) is 9.12. The van der Waals surface area contributed by atoms with E-state index in [1.54, 1.807) is 11.8 Å². The number of hydrogen-bond acceptors (Lipinski definition) is 5. The number of nitrogens with zero attached hydrogens (tertiary/aromatic N) is 1. The van der Waals surface area contributed by atoms with Crippen molar-refractivity contribution in [3.05, 3.63) is 35.9 Å². The summed E-state index contributed by atoms with van der Waals surface area (Å²) in [5.74, 6) is -1.58. The molecule has 3 heterocycles. The number of aliphatic hydroxyl groups is 1. The van der Waals surface area contributed by atoms with Crippen LogP contribution in [0.15, 0.2) is 30.3 Å². The van der Waals surface area contributed by atoms with Crippen molar-refractivity contribution in [3.63, 3.8) is 0 Å². The fourth-order valence-electron chi connectivity index (χ4n) is 5.66. The molecule has 3 unspecified atom stereocenters. The zero-order chi connectivity index (χ0) is 23.6. The second kappa shape index (κ2) is 10.4. The number of thioether (sulfide) groups is 1. The van der Waals surface area contributed by atoms with Gasteiger partial charge < -0.3 is 20.6 Å². The molecule has 3 aliphatic heterocycles. The minimum Gasteiger partial charge on any atom is -0.395 e. The van der Waals surface area contributed by atoms with Crippen LogP contribution in [-0.2, 0) is 20.9 Å². The van der Waals surface area contributed by atoms with Crippen molar-refractivity contribution in [1.29, 1.82) is 0 Å². The number of carbonyl (C=O) groups excluding carboxylic acids is 3. The average Bonchev–Trinajstić information content (AvgIpc) is 3.40. The Labute approximate surface area is 207 Å². The summed E-state index contributed by atoms with van der Waals surface area (Å²) in [5, 5.41) is 15.6. The molecule has 3 amide bonds. The number of benzene rings is 1. The van der Waals surface area contributed by atoms with Crippen molar-refractivity contribution in [2.75, 3.05) is 19.7 Å². The normalized spacial score (nSPS) is 32.2. The van der Waals surface area contributed by atoms with Gasteiger partial charge in [0.2, 0.25) is 17.7 Å². The van der Waals surface area contributed by atoms with Crippen molar-refractivity contribution < 1.29 is 19.5 Å². The van der Waals surface area contributed by atoms with Gasteiger partial charge in [-0.05, 0) is 18.4 Å². The predicted molar refractivity (Wildman–Crippen MR) is 132 cm³/mol. The molecule has 1 spiro atoms. The molecule has 7 nitrogen and oxygen atoms in total. The van der Waals surface area contributed by atoms with Crippen molar-refractivity contribution in [1.82, 2.24) is 15.5 Å². The van der Waals surface area contributed by atoms with Gasteiger partial charge in [0.15, 0.2) is 0 Å². The molecule has 0 aliphatic carbocycles. The Morgan fingerprint density at radius 3 is 2.67 bits per heavy atom. The number of nitrogens with one attached hydrogen (secondary N) is 2. The maximum absolute atomic E-state index is 13.6. The SMILES string of the molecule is CCCCCNC(=O)C1N(CCO)C(=O)[C@@H]2[C@@H](C(=O)NCc3ccccc3)[C@@H]3SC12CC3Br. The molecule has 0 radical (unpaired) electrons. The van der Waals surface area contributed by atoms with Crippen LogP contribution in [0.3, 0.4) is 0 Å². The lowest BCUT2D eigenvalue weighted by atomic mass is 9.70. The number of rotatable bonds is 10. The van der Waals surface area contributed by atoms with E-state index >= 15 is 0 Å². The van der Waals surface area contributed by atoms with Crippen LogP contribution in [0.25, 0.3) is 0 Å². The molecule has 180 valence electrons. The highest BCUT2D eigenvalue weighted by atomic mass is 79.9. The molecule has 3 aliphatic rings. The molecule has 3 fully saturated rings. The molecule has 1 aromatic carbocycles. The molecule has 9 heteroatoms. The third kappa shape index (κ3) is 4.44. The van der Waals surface area contributed by atoms with E-state index in [9.17, 15) is 19.5 Å². The van der Waals surface area contributed by atoms with Crippen LogP contribution in [0, 0.1) is 11.8 Å². The lowest BCUT2D eigenvalue weighted by Crippen LogP contribution is -2.55. The summed E-state index contributed by atoms with van der Waals surface area (Å²) in [4.78, 5) is 41.8. The van der Waals surface area contributed by atoms with E-state index in [-0.39, 0.29) is 41.0 Å². The average molecular weight is 539 g/mol. The van der Waals surface area contributed by atoms with Crippen molar-refractivity contribution in [2.24, 2.45) is 11.8 Å². The molecular formula is C24H32BrN3O4S. The molecule has 6 atom stereocenters. The Hall–Kier alpha value is -1.58. The fourth-order valence-corrected chi connectivity index (χ4v) is 9.28. The van der Waals surface area contributed by atoms with E-state index < -0.39 is 22.6 Å². The van der Waals surface area contributed by atoms with Gasteiger partial charge in [-0.25, -0.2) is 0 Å². The van der Waals surface area contributed by atoms with Crippen LogP contribution >= 0.6 is 27.7 Å². The van der Waals surface area contributed by atoms with E-state index in [0.717, 1.165) is 24.8 Å². The Morgan fingerprint density at radius 1 is 1.21 bits per heavy atom. The predicted octanol–water partition coefficient (Wildman–Crippen LogP) is 2.07. The van der Waals surface area contributed by atoms with Gasteiger partial charge in [0.25, 0.3) is 0 Å². The summed E-state index contributed by atoms with van der Waals surface area (Å²) < 4.78 is -0.658. The van der Waals surface area contributed by atoms with Gasteiger partial charge in [0, 0.05) is 29.7 Å². The van der Waals surface area contributed by atoms with Crippen LogP contribution < -0.4 is 10.6 Å². The topological polar surface area (TPSA) is 98.7 Å². The van der Waals surface area contributed by atoms with E-state index in [0.29, 0.717) is 19.5 Å². The minimum absolute atomic E-state index is 0.0449. The van der Waals surface area contributed by atoms with Gasteiger partial charge >= 0.3 is 0 Å². The lowest BCUT2D eigenvalue weighted by molar-refractivity contribution is -0.140. The molecule has 3 N–H and O–H groups in total. The number of fused-ring (bicyclic) bond motifs is 1. The second-order valence-corrected chi connectivity index (χ2v) is 11.8. The number of halogens is 1. The van der Waals surface area contributed by atoms with Gasteiger partial charge in [0.1, 0.15) is 6.04 Å². The first-order chi connectivity index (χ1) is 15.9. The van der Waals surface area contributed by atoms with Crippen LogP contribution in [0.4, 0.5) is 0 Å². The molecule has 2 bridgehead atoms. The standard InChI is InChI=1S/C24H32BrN3O4S/c1-2-3-7-10-26-22(31)20-24-13-16(25)19(33-24)17(18(24)23(32)28(20)11-12-29)21(30)27-14-15-8-5-4-6-9-15/h4-6,8-9,16-20,29H,2-3,7,10-14H2,1H3,(H,26,31)(H,27,30)/t16?,17-,18+,19-,20?,24?/m1/s1. The molecule has 0 aromatic heterocycles. The number of aliphatic hydroxyl groups excluding tert-OH is 1. The van der Waals surface area contributed by atoms with E-state index in [1.807, 2.05) is 30.3 Å². The number of carbonyl (C=O) groups is 3. The third-order valence-electron chi connectivity index (χ3n) is 7.07. The van der Waals surface area contributed by atoms with Gasteiger partial charge in [-0.3, -0.25) is 14.4 Å². The number of alkyl halides is 1. The van der Waals surface area contributed by atoms with Gasteiger partial charge in [-0.1, -0.05) is 66.0 Å². The van der Waals surface area contributed by atoms with Gasteiger partial charge in [-0.15, -0.1) is 11.8 Å². The summed E-state index contributed by atoms with van der Waals surface area (Å²) in [5.41, 5.74) is 0.996. The quantitative estimate of drug-likeness (QED) is 0.313. The van der Waals surface area contributed by atoms with Crippen LogP contribution in [-0.4, -0.2) is 68.3 Å². The number of amides is 3. The third-order valence-corrected chi connectivity index (χ3v) is 10.3. The van der Waals surface area contributed by atoms with E-state index in [1.165, 1.54) is 4.90 Å². The Bertz CT molecular complexity index is 888. The molecule has 0 saturated carbocycles. The first-order valence-corrected chi connectivity index (χ1v) is 13.6. The highest BCUT2D eigenvalue weighted by Gasteiger charge is 2.75. The fraction of sp³-hybridized carbons (Fsp3) is 0.625. The van der Waals surface area contributed by atoms with Crippen molar-refractivity contribution >= 4 is 45.4 Å². The van der Waals surface area contributed by atoms with Crippen molar-refractivity contribution in [2.45, 2.75) is 60.0 Å². The van der Waals surface area contributed by atoms with Crippen molar-refractivity contribution in [3.8, 4) is 0 Å². The number of likely N-dealkylation sites (tertiary alicyclic amines) is 1. The highest BCUT2D eigenvalue weighted by molar-refractivity contribution is 9.09. The molecule has 33 heavy (non-hydrogen) atoms. The molecule has 3 saturated heterocycles. The smallest absolute Gasteiger partial charge is 0.244 e. The molecule has 4 rings (SSSR count). The lowest BCUT2D eigenvalue weighted by Gasteiger charge is -2.35. The van der Waals surface area contributed by atoms with Crippen LogP contribution in [0.5, 0.6) is 0 Å². The van der Waals surface area contributed by atoms with E-state index in [2.05, 4.69) is 33.5 Å². The summed E-state index contributed by atoms with van der Waals surface area (Å²) in [6, 6.07) is 9.01. The summed E-state index contributed by atoms with van der Waals surface area (Å²) >= 11 is 5.36. The summed E-state index contributed by atoms with van der Waals surface area (Å²) in [6.07, 6.45) is 3.63. The Morgan fingerprint density at radius 2 is 1.97 bits per heavy atom. The Balaban J connectivity index is 1.56. The maximum atomic E-state index is 13.6. The van der Waals surface area contributed by atoms with Crippen LogP contribution in [0.1, 0.15) is 38.2 Å². The largest absolute Gasteiger partial charge is 0.395 e. The first-order valence-electron chi connectivity index (χ1n) is 11.8. The summed E-state index contributed by atoms with van der Waals surface area (Å²) in [6.45, 7) is 2.95. The minimum atomic E-state index is -0.675. The highest BCUT2D eigenvalue weighted by Crippen LogP contribution is 2.67.